The summed E-state index contributed by atoms with van der Waals surface area (Å²) in [6.45, 7) is 3.30. The van der Waals surface area contributed by atoms with E-state index in [1.807, 2.05) is 0 Å². The highest BCUT2D eigenvalue weighted by Crippen LogP contribution is 2.59. The van der Waals surface area contributed by atoms with E-state index in [1.54, 1.807) is 26.8 Å². The van der Waals surface area contributed by atoms with E-state index < -0.39 is 95.8 Å². The van der Waals surface area contributed by atoms with Crippen molar-refractivity contribution in [3.63, 3.8) is 0 Å². The molecule has 0 saturated heterocycles. The second kappa shape index (κ2) is 32.2. The van der Waals surface area contributed by atoms with Crippen LogP contribution in [0.3, 0.4) is 0 Å². The lowest BCUT2D eigenvalue weighted by Gasteiger charge is -2.26. The third-order valence-corrected chi connectivity index (χ3v) is 19.6. The third kappa shape index (κ3) is 13.3. The molecule has 0 amide bonds. The number of esters is 3. The van der Waals surface area contributed by atoms with Gasteiger partial charge in [-0.05, 0) is 148 Å². The van der Waals surface area contributed by atoms with Gasteiger partial charge in [0.05, 0.1) is 122 Å². The Bertz CT molecular complexity index is 5550. The zero-order chi connectivity index (χ0) is 76.4. The van der Waals surface area contributed by atoms with Gasteiger partial charge >= 0.3 is 17.9 Å². The molecule has 28 heteroatoms. The first-order valence-corrected chi connectivity index (χ1v) is 34.1. The van der Waals surface area contributed by atoms with Gasteiger partial charge < -0.3 is 94.1 Å². The molecule has 0 heterocycles. The number of phenolic OH excluding ortho intramolecular Hbond substituents is 4. The molecule has 0 radical (unpaired) electrons. The summed E-state index contributed by atoms with van der Waals surface area (Å²) in [6, 6.07) is 4.71. The van der Waals surface area contributed by atoms with Gasteiger partial charge in [0.25, 0.3) is 0 Å². The summed E-state index contributed by atoms with van der Waals surface area (Å²) in [5, 5.41) is 120. The number of allylic oxidation sites excluding steroid dienone is 3. The Kier molecular flexibility index (Phi) is 23.3. The molecule has 0 aliphatic heterocycles. The largest absolute Gasteiger partial charge is 0.507 e. The number of phenols is 4. The fourth-order valence-electron chi connectivity index (χ4n) is 15.6. The van der Waals surface area contributed by atoms with Crippen LogP contribution in [0.25, 0.3) is 97.8 Å². The van der Waals surface area contributed by atoms with Crippen LogP contribution in [-0.4, -0.2) is 186 Å². The molecule has 1 atom stereocenters. The molecule has 558 valence electrons. The van der Waals surface area contributed by atoms with Crippen molar-refractivity contribution in [3.8, 4) is 34.5 Å². The number of hydrogen-bond acceptors (Lipinski definition) is 28. The first-order valence-electron chi connectivity index (χ1n) is 34.1. The Morgan fingerprint density at radius 2 is 0.849 bits per heavy atom. The van der Waals surface area contributed by atoms with Gasteiger partial charge in [0.1, 0.15) is 37.9 Å². The quantitative estimate of drug-likeness (QED) is 0.00680. The summed E-state index contributed by atoms with van der Waals surface area (Å²) in [4.78, 5) is 112. The molecule has 28 nitrogen and oxygen atoms in total. The average Bonchev–Trinajstić information content (AvgIpc) is 1.16. The van der Waals surface area contributed by atoms with Gasteiger partial charge in [-0.3, -0.25) is 43.3 Å². The standard InChI is InChI=1S/C42H45NO15.C36H34O12/c1-20-14-25-24(4-5-28(50)57-12-10-55-8-6-44)40(52)34-26(48)15-22(18-46)31-32-23(19-47)16-27(49)35-37(32)38(33(25)36(31)34)39(42(54-3)41(35)53)30(20)21(2)43-17-29(51)58-13-11-56-9-7-45;1-15-10-20-19(4-5-23(43)48-9-8-47-7-6-37)34(44)28-21(41)11-17(13-38)25-26-18(14-39)12-22(42)29-31(26)32(27(20)30(25)28)33(24(15)16(2)40)36(46-3)35(29)45/h14-16,30,44-47,52-53H,4-13,17-19H2,1-3H3;11-12,37-39,44-45H,4-10,13-14H2,1-3H3. The van der Waals surface area contributed by atoms with Crippen LogP contribution in [0, 0.1) is 0 Å². The van der Waals surface area contributed by atoms with Crippen LogP contribution in [0.1, 0.15) is 102 Å². The minimum Gasteiger partial charge on any atom is -0.507 e. The number of ketones is 1. The van der Waals surface area contributed by atoms with E-state index in [0.717, 1.165) is 0 Å². The average molecular weight is 1460 g/mol. The summed E-state index contributed by atoms with van der Waals surface area (Å²) in [7, 11) is 2.61. The fourth-order valence-corrected chi connectivity index (χ4v) is 15.6. The number of methoxy groups -OCH3 is 2. The van der Waals surface area contributed by atoms with E-state index in [9.17, 15) is 79.2 Å². The van der Waals surface area contributed by atoms with Gasteiger partial charge in [0, 0.05) is 73.7 Å². The maximum atomic E-state index is 14.0. The van der Waals surface area contributed by atoms with E-state index in [0.29, 0.717) is 60.5 Å². The van der Waals surface area contributed by atoms with E-state index in [2.05, 4.69) is 4.99 Å². The van der Waals surface area contributed by atoms with Gasteiger partial charge in [-0.1, -0.05) is 17.2 Å². The lowest BCUT2D eigenvalue weighted by atomic mass is 9.78. The van der Waals surface area contributed by atoms with E-state index in [4.69, 9.17) is 53.2 Å². The fraction of sp³-hybridized carbons (Fsp3) is 0.372. The SMILES string of the molecule is COc1c(O)c2c(=O)cc(CO)c3c4c(CO)cc(=O)c5c(O)c(CCC(=O)OCCOCCO)c6c(c(c1C(C(C)=NCC(=O)OCCOCCO)C(C)=C6)c23)c54.COc1c(O)c2c(=O)cc(CO)c3c4c(CO)cc(=O)c5c(O)c(CCC(=O)OCCOCCO)c6c(c(c1C(C(C)=O)=C(C)C6)c23)c54. The summed E-state index contributed by atoms with van der Waals surface area (Å²) >= 11 is 0. The Balaban J connectivity index is 0.000000215. The zero-order valence-corrected chi connectivity index (χ0v) is 58.9. The number of benzene rings is 10. The van der Waals surface area contributed by atoms with Crippen LogP contribution in [0.15, 0.2) is 59.6 Å². The lowest BCUT2D eigenvalue weighted by molar-refractivity contribution is -0.146. The Morgan fingerprint density at radius 1 is 0.453 bits per heavy atom. The van der Waals surface area contributed by atoms with Gasteiger partial charge in [0.2, 0.25) is 0 Å². The molecular weight excluding hydrogens is 1380 g/mol. The van der Waals surface area contributed by atoms with E-state index in [1.165, 1.54) is 45.4 Å². The number of carbonyl (C=O) groups excluding carboxylic acids is 4. The molecule has 0 saturated carbocycles. The van der Waals surface area contributed by atoms with Crippen molar-refractivity contribution in [2.45, 2.75) is 92.1 Å². The molecule has 1 unspecified atom stereocenters. The van der Waals surface area contributed by atoms with Crippen molar-refractivity contribution in [1.29, 1.82) is 0 Å². The van der Waals surface area contributed by atoms with Crippen LogP contribution in [0.5, 0.6) is 34.5 Å². The summed E-state index contributed by atoms with van der Waals surface area (Å²) < 4.78 is 42.8. The second-order valence-electron chi connectivity index (χ2n) is 25.7. The number of fused-ring (bicyclic) bond motifs is 2. The van der Waals surface area contributed by atoms with E-state index >= 15 is 0 Å². The third-order valence-electron chi connectivity index (χ3n) is 19.6. The second-order valence-corrected chi connectivity index (χ2v) is 25.7. The normalized spacial score (nSPS) is 13.7. The molecule has 0 fully saturated rings. The van der Waals surface area contributed by atoms with Crippen molar-refractivity contribution in [3.05, 3.63) is 132 Å². The molecule has 2 aliphatic carbocycles. The van der Waals surface area contributed by atoms with Crippen LogP contribution >= 0.6 is 0 Å². The first kappa shape index (κ1) is 76.7. The van der Waals surface area contributed by atoms with Crippen molar-refractivity contribution in [1.82, 2.24) is 0 Å². The summed E-state index contributed by atoms with van der Waals surface area (Å²) in [5.74, 6) is -5.16. The van der Waals surface area contributed by atoms with Gasteiger partial charge in [0.15, 0.2) is 50.5 Å². The van der Waals surface area contributed by atoms with Gasteiger partial charge in [-0.15, -0.1) is 0 Å². The number of aromatic hydroxyl groups is 4. The van der Waals surface area contributed by atoms with Crippen LogP contribution < -0.4 is 31.2 Å². The lowest BCUT2D eigenvalue weighted by Crippen LogP contribution is -2.18. The van der Waals surface area contributed by atoms with Gasteiger partial charge in [-0.25, -0.2) is 0 Å². The van der Waals surface area contributed by atoms with Crippen LogP contribution in [0.4, 0.5) is 0 Å². The van der Waals surface area contributed by atoms with Crippen LogP contribution in [0.2, 0.25) is 0 Å². The minimum absolute atomic E-state index is 0.0534. The first-order chi connectivity index (χ1) is 51.0. The molecule has 106 heavy (non-hydrogen) atoms. The zero-order valence-electron chi connectivity index (χ0n) is 58.9. The molecule has 12 rings (SSSR count). The van der Waals surface area contributed by atoms with E-state index in [-0.39, 0.29) is 238 Å². The number of Topliss-reactive ketones (excluding diaryl/α,β-unsaturated/α-hetero) is 1. The Morgan fingerprint density at radius 3 is 1.28 bits per heavy atom. The molecule has 10 aromatic carbocycles. The molecule has 11 N–H and O–H groups in total. The monoisotopic (exact) mass is 1460 g/mol. The number of nitrogens with zero attached hydrogens (tertiary/aromatic N) is 1. The summed E-state index contributed by atoms with van der Waals surface area (Å²) in [6.07, 6.45) is 1.21. The number of ether oxygens (including phenoxy) is 8. The topological polar surface area (TPSA) is 445 Å². The number of carbonyl (C=O) groups is 4. The number of hydrogen-bond donors (Lipinski definition) is 11. The Hall–Kier alpha value is -10.4. The molecular formula is C78H79NO27. The number of aliphatic hydroxyl groups excluding tert-OH is 7. The van der Waals surface area contributed by atoms with Crippen LogP contribution in [-0.2, 0) is 93.3 Å². The molecule has 0 bridgehead atoms. The van der Waals surface area contributed by atoms with Crippen molar-refractivity contribution in [2.24, 2.45) is 4.99 Å². The molecule has 0 aromatic heterocycles. The predicted molar refractivity (Wildman–Crippen MR) is 391 cm³/mol. The highest BCUT2D eigenvalue weighted by molar-refractivity contribution is 6.42. The van der Waals surface area contributed by atoms with Crippen molar-refractivity contribution < 1.29 is 113 Å². The molecule has 2 aliphatic rings. The predicted octanol–water partition coefficient (Wildman–Crippen LogP) is 5.00. The smallest absolute Gasteiger partial charge is 0.327 e. The maximum absolute atomic E-state index is 14.0. The van der Waals surface area contributed by atoms with Crippen molar-refractivity contribution >= 4 is 127 Å². The minimum atomic E-state index is -0.864. The van der Waals surface area contributed by atoms with Crippen molar-refractivity contribution in [2.75, 3.05) is 100 Å². The highest BCUT2D eigenvalue weighted by atomic mass is 16.6. The Labute approximate surface area is 601 Å². The maximum Gasteiger partial charge on any atom is 0.327 e. The molecule has 10 aromatic rings. The number of aliphatic hydroxyl groups is 7. The number of rotatable bonds is 31. The summed E-state index contributed by atoms with van der Waals surface area (Å²) in [5.41, 5.74) is 1.59. The van der Waals surface area contributed by atoms with Gasteiger partial charge in [-0.2, -0.15) is 0 Å². The molecule has 0 spiro atoms. The highest BCUT2D eigenvalue weighted by Gasteiger charge is 2.39. The number of aliphatic imine (C=N–C) groups is 1.